The van der Waals surface area contributed by atoms with E-state index in [1.807, 2.05) is 19.2 Å². The van der Waals surface area contributed by atoms with Crippen LogP contribution in [0, 0.1) is 0 Å². The Morgan fingerprint density at radius 1 is 1.39 bits per heavy atom. The van der Waals surface area contributed by atoms with Crippen LogP contribution in [0.15, 0.2) is 22.7 Å². The third-order valence-corrected chi connectivity index (χ3v) is 4.06. The molecule has 0 heterocycles. The Kier molecular flexibility index (Phi) is 7.23. The van der Waals surface area contributed by atoms with Gasteiger partial charge in [0.2, 0.25) is 0 Å². The van der Waals surface area contributed by atoms with Crippen molar-refractivity contribution < 1.29 is 4.74 Å². The highest BCUT2D eigenvalue weighted by atomic mass is 79.9. The molecule has 1 rings (SSSR count). The molecule has 4 heteroatoms. The zero-order valence-electron chi connectivity index (χ0n) is 11.2. The maximum atomic E-state index is 6.24. The normalized spacial score (nSPS) is 14.5. The van der Waals surface area contributed by atoms with E-state index in [1.165, 1.54) is 5.56 Å². The van der Waals surface area contributed by atoms with Gasteiger partial charge in [0.25, 0.3) is 0 Å². The molecule has 0 aliphatic heterocycles. The highest BCUT2D eigenvalue weighted by Gasteiger charge is 2.11. The Hall–Kier alpha value is -0.0900. The van der Waals surface area contributed by atoms with Crippen molar-refractivity contribution >= 4 is 27.5 Å². The van der Waals surface area contributed by atoms with Crippen molar-refractivity contribution in [2.45, 2.75) is 38.3 Å². The Bertz CT molecular complexity index is 373. The molecule has 2 unspecified atom stereocenters. The smallest absolute Gasteiger partial charge is 0.0543 e. The lowest BCUT2D eigenvalue weighted by Crippen LogP contribution is -2.28. The molecule has 0 aliphatic carbocycles. The molecule has 0 radical (unpaired) electrons. The monoisotopic (exact) mass is 333 g/mol. The van der Waals surface area contributed by atoms with Crippen LogP contribution in [0.1, 0.15) is 25.3 Å². The van der Waals surface area contributed by atoms with Gasteiger partial charge in [0.1, 0.15) is 0 Å². The lowest BCUT2D eigenvalue weighted by molar-refractivity contribution is 0.106. The second-order valence-corrected chi connectivity index (χ2v) is 5.87. The second-order valence-electron chi connectivity index (χ2n) is 4.55. The molecule has 0 saturated heterocycles. The van der Waals surface area contributed by atoms with Crippen molar-refractivity contribution in [3.63, 3.8) is 0 Å². The molecule has 0 aliphatic rings. The Balaban J connectivity index is 2.56. The third-order valence-electron chi connectivity index (χ3n) is 3.21. The van der Waals surface area contributed by atoms with E-state index in [2.05, 4.69) is 34.2 Å². The summed E-state index contributed by atoms with van der Waals surface area (Å²) in [7, 11) is 3.75. The summed E-state index contributed by atoms with van der Waals surface area (Å²) in [5, 5.41) is 4.17. The SMILES string of the molecule is CNC(CCC(C)OC)Cc1ccc(Br)cc1Cl. The standard InChI is InChI=1S/C14H21BrClNO/c1-10(18-3)4-7-13(17-2)8-11-5-6-12(15)9-14(11)16/h5-6,9-10,13,17H,4,7-8H2,1-3H3. The van der Waals surface area contributed by atoms with Gasteiger partial charge in [0, 0.05) is 22.6 Å². The maximum Gasteiger partial charge on any atom is 0.0543 e. The predicted molar refractivity (Wildman–Crippen MR) is 81.4 cm³/mol. The zero-order chi connectivity index (χ0) is 13.5. The number of hydrogen-bond donors (Lipinski definition) is 1. The first kappa shape index (κ1) is 16.0. The van der Waals surface area contributed by atoms with Gasteiger partial charge in [-0.3, -0.25) is 0 Å². The summed E-state index contributed by atoms with van der Waals surface area (Å²) in [6, 6.07) is 6.49. The van der Waals surface area contributed by atoms with E-state index >= 15 is 0 Å². The van der Waals surface area contributed by atoms with E-state index < -0.39 is 0 Å². The van der Waals surface area contributed by atoms with Crippen molar-refractivity contribution in [1.29, 1.82) is 0 Å². The first-order valence-corrected chi connectivity index (χ1v) is 7.38. The molecule has 2 nitrogen and oxygen atoms in total. The molecule has 0 aromatic heterocycles. The highest BCUT2D eigenvalue weighted by Crippen LogP contribution is 2.23. The summed E-state index contributed by atoms with van der Waals surface area (Å²) in [6.07, 6.45) is 3.38. The summed E-state index contributed by atoms with van der Waals surface area (Å²) in [6.45, 7) is 2.10. The van der Waals surface area contributed by atoms with E-state index in [9.17, 15) is 0 Å². The van der Waals surface area contributed by atoms with E-state index in [0.717, 1.165) is 28.8 Å². The summed E-state index contributed by atoms with van der Waals surface area (Å²) >= 11 is 9.66. The van der Waals surface area contributed by atoms with Crippen LogP contribution in [0.25, 0.3) is 0 Å². The molecular weight excluding hydrogens is 314 g/mol. The van der Waals surface area contributed by atoms with Crippen molar-refractivity contribution in [2.75, 3.05) is 14.2 Å². The van der Waals surface area contributed by atoms with Crippen molar-refractivity contribution in [3.8, 4) is 0 Å². The summed E-state index contributed by atoms with van der Waals surface area (Å²) in [5.41, 5.74) is 1.18. The molecule has 1 N–H and O–H groups in total. The van der Waals surface area contributed by atoms with Crippen LogP contribution in [0.2, 0.25) is 5.02 Å². The van der Waals surface area contributed by atoms with Gasteiger partial charge in [0.15, 0.2) is 0 Å². The molecule has 1 aromatic rings. The minimum absolute atomic E-state index is 0.307. The number of methoxy groups -OCH3 is 1. The van der Waals surface area contributed by atoms with Gasteiger partial charge in [0.05, 0.1) is 6.10 Å². The number of hydrogen-bond acceptors (Lipinski definition) is 2. The average Bonchev–Trinajstić information content (AvgIpc) is 2.36. The first-order chi connectivity index (χ1) is 8.56. The van der Waals surface area contributed by atoms with E-state index in [1.54, 1.807) is 7.11 Å². The molecule has 0 bridgehead atoms. The fraction of sp³-hybridized carbons (Fsp3) is 0.571. The van der Waals surface area contributed by atoms with Gasteiger partial charge in [-0.05, 0) is 50.9 Å². The summed E-state index contributed by atoms with van der Waals surface area (Å²) in [4.78, 5) is 0. The maximum absolute atomic E-state index is 6.24. The predicted octanol–water partition coefficient (Wildman–Crippen LogP) is 4.05. The van der Waals surface area contributed by atoms with Crippen LogP contribution in [0.5, 0.6) is 0 Å². The molecule has 0 spiro atoms. The molecule has 0 fully saturated rings. The lowest BCUT2D eigenvalue weighted by atomic mass is 10.0. The molecule has 0 saturated carbocycles. The Morgan fingerprint density at radius 3 is 2.67 bits per heavy atom. The third kappa shape index (κ3) is 5.27. The van der Waals surface area contributed by atoms with Crippen LogP contribution < -0.4 is 5.32 Å². The Labute approximate surface area is 123 Å². The fourth-order valence-corrected chi connectivity index (χ4v) is 2.61. The number of halogens is 2. The first-order valence-electron chi connectivity index (χ1n) is 6.20. The van der Waals surface area contributed by atoms with Crippen molar-refractivity contribution in [1.82, 2.24) is 5.32 Å². The number of benzene rings is 1. The zero-order valence-corrected chi connectivity index (χ0v) is 13.5. The fourth-order valence-electron chi connectivity index (χ4n) is 1.85. The van der Waals surface area contributed by atoms with E-state index in [-0.39, 0.29) is 0 Å². The largest absolute Gasteiger partial charge is 0.382 e. The van der Waals surface area contributed by atoms with Crippen LogP contribution in [0.4, 0.5) is 0 Å². The van der Waals surface area contributed by atoms with Gasteiger partial charge in [-0.25, -0.2) is 0 Å². The number of ether oxygens (including phenoxy) is 1. The molecular formula is C14H21BrClNO. The Morgan fingerprint density at radius 2 is 2.11 bits per heavy atom. The number of rotatable bonds is 7. The minimum atomic E-state index is 0.307. The number of nitrogens with one attached hydrogen (secondary N) is 1. The molecule has 18 heavy (non-hydrogen) atoms. The van der Waals surface area contributed by atoms with Gasteiger partial charge >= 0.3 is 0 Å². The van der Waals surface area contributed by atoms with E-state index in [4.69, 9.17) is 16.3 Å². The number of likely N-dealkylation sites (N-methyl/N-ethyl adjacent to an activating group) is 1. The minimum Gasteiger partial charge on any atom is -0.382 e. The van der Waals surface area contributed by atoms with Gasteiger partial charge in [-0.15, -0.1) is 0 Å². The molecule has 1 aromatic carbocycles. The topological polar surface area (TPSA) is 21.3 Å². The summed E-state index contributed by atoms with van der Waals surface area (Å²) in [5.74, 6) is 0. The van der Waals surface area contributed by atoms with Gasteiger partial charge in [-0.2, -0.15) is 0 Å². The van der Waals surface area contributed by atoms with Crippen LogP contribution in [-0.4, -0.2) is 26.3 Å². The van der Waals surface area contributed by atoms with Crippen LogP contribution in [0.3, 0.4) is 0 Å². The van der Waals surface area contributed by atoms with Crippen LogP contribution >= 0.6 is 27.5 Å². The quantitative estimate of drug-likeness (QED) is 0.812. The molecule has 0 amide bonds. The van der Waals surface area contributed by atoms with Crippen molar-refractivity contribution in [3.05, 3.63) is 33.3 Å². The van der Waals surface area contributed by atoms with E-state index in [0.29, 0.717) is 12.1 Å². The second kappa shape index (κ2) is 8.16. The average molecular weight is 335 g/mol. The molecule has 2 atom stereocenters. The van der Waals surface area contributed by atoms with Gasteiger partial charge < -0.3 is 10.1 Å². The summed E-state index contributed by atoms with van der Waals surface area (Å²) < 4.78 is 6.29. The van der Waals surface area contributed by atoms with Gasteiger partial charge in [-0.1, -0.05) is 33.6 Å². The van der Waals surface area contributed by atoms with Crippen LogP contribution in [-0.2, 0) is 11.2 Å². The molecule has 102 valence electrons. The highest BCUT2D eigenvalue weighted by molar-refractivity contribution is 9.10. The van der Waals surface area contributed by atoms with Crippen molar-refractivity contribution in [2.24, 2.45) is 0 Å². The lowest BCUT2D eigenvalue weighted by Gasteiger charge is -2.19.